The summed E-state index contributed by atoms with van der Waals surface area (Å²) in [4.78, 5) is 16.6. The van der Waals surface area contributed by atoms with Gasteiger partial charge in [0.2, 0.25) is 5.91 Å². The summed E-state index contributed by atoms with van der Waals surface area (Å²) in [5.74, 6) is 0.278. The number of hydrogen-bond acceptors (Lipinski definition) is 3. The van der Waals surface area contributed by atoms with Crippen LogP contribution in [0.5, 0.6) is 0 Å². The number of amides is 1. The van der Waals surface area contributed by atoms with Gasteiger partial charge in [0.15, 0.2) is 0 Å². The molecule has 0 spiro atoms. The number of hydrogen-bond donors (Lipinski definition) is 1. The van der Waals surface area contributed by atoms with Gasteiger partial charge in [0.05, 0.1) is 6.04 Å². The van der Waals surface area contributed by atoms with E-state index in [9.17, 15) is 4.79 Å². The molecule has 2 atom stereocenters. The average molecular weight is 312 g/mol. The number of likely N-dealkylation sites (tertiary alicyclic amines) is 2. The molecule has 0 saturated carbocycles. The zero-order valence-electron chi connectivity index (χ0n) is 11.7. The molecule has 2 heterocycles. The van der Waals surface area contributed by atoms with E-state index in [0.29, 0.717) is 0 Å². The summed E-state index contributed by atoms with van der Waals surface area (Å²) in [7, 11) is 0. The van der Waals surface area contributed by atoms with Crippen LogP contribution in [0.3, 0.4) is 0 Å². The highest BCUT2D eigenvalue weighted by atomic mass is 35.5. The van der Waals surface area contributed by atoms with E-state index >= 15 is 0 Å². The maximum absolute atomic E-state index is 12.3. The normalized spacial score (nSPS) is 26.0. The molecule has 2 rings (SSSR count). The molecule has 4 nitrogen and oxygen atoms in total. The number of halogens is 2. The quantitative estimate of drug-likeness (QED) is 0.843. The van der Waals surface area contributed by atoms with Crippen molar-refractivity contribution < 1.29 is 4.79 Å². The molecule has 2 saturated heterocycles. The Hall–Kier alpha value is -0.0300. The number of carbonyl (C=O) groups is 1. The lowest BCUT2D eigenvalue weighted by molar-refractivity contribution is -0.135. The minimum atomic E-state index is 0. The molecule has 0 bridgehead atoms. The second kappa shape index (κ2) is 9.01. The lowest BCUT2D eigenvalue weighted by Gasteiger charge is -2.30. The minimum absolute atomic E-state index is 0. The Morgan fingerprint density at radius 2 is 1.68 bits per heavy atom. The predicted octanol–water partition coefficient (Wildman–Crippen LogP) is 1.65. The third-order valence-electron chi connectivity index (χ3n) is 4.08. The molecular formula is C13H27Cl2N3O. The topological polar surface area (TPSA) is 49.6 Å². The van der Waals surface area contributed by atoms with E-state index in [4.69, 9.17) is 5.73 Å². The van der Waals surface area contributed by atoms with Gasteiger partial charge in [0.25, 0.3) is 0 Å². The molecular weight excluding hydrogens is 285 g/mol. The van der Waals surface area contributed by atoms with Crippen molar-refractivity contribution in [3.8, 4) is 0 Å². The molecule has 0 radical (unpaired) electrons. The molecule has 2 fully saturated rings. The fourth-order valence-corrected chi connectivity index (χ4v) is 2.89. The Kier molecular flexibility index (Phi) is 8.99. The number of carbonyl (C=O) groups excluding carboxylic acids is 1. The van der Waals surface area contributed by atoms with Crippen LogP contribution in [0.25, 0.3) is 0 Å². The van der Waals surface area contributed by atoms with Gasteiger partial charge in [-0.1, -0.05) is 12.8 Å². The van der Waals surface area contributed by atoms with Crippen LogP contribution in [0.4, 0.5) is 0 Å². The predicted molar refractivity (Wildman–Crippen MR) is 83.2 cm³/mol. The molecule has 1 amide bonds. The standard InChI is InChI=1S/C13H25N3O.2ClH/c1-11(15-7-4-2-3-5-8-15)13(17)16-9-6-12(14)10-16;;/h11-12H,2-10,14H2,1H3;2*1H/t11?,12-;;/m1../s1. The summed E-state index contributed by atoms with van der Waals surface area (Å²) < 4.78 is 0. The van der Waals surface area contributed by atoms with Crippen LogP contribution >= 0.6 is 24.8 Å². The van der Waals surface area contributed by atoms with E-state index in [0.717, 1.165) is 32.6 Å². The average Bonchev–Trinajstić information content (AvgIpc) is 2.60. The smallest absolute Gasteiger partial charge is 0.239 e. The van der Waals surface area contributed by atoms with Crippen molar-refractivity contribution in [2.24, 2.45) is 5.73 Å². The molecule has 0 aliphatic carbocycles. The highest BCUT2D eigenvalue weighted by Crippen LogP contribution is 2.16. The first kappa shape index (κ1) is 19.0. The van der Waals surface area contributed by atoms with Gasteiger partial charge in [0.1, 0.15) is 0 Å². The Labute approximate surface area is 128 Å². The van der Waals surface area contributed by atoms with Crippen molar-refractivity contribution in [1.29, 1.82) is 0 Å². The Morgan fingerprint density at radius 1 is 1.11 bits per heavy atom. The minimum Gasteiger partial charge on any atom is -0.340 e. The highest BCUT2D eigenvalue weighted by molar-refractivity contribution is 5.85. The zero-order chi connectivity index (χ0) is 12.3. The van der Waals surface area contributed by atoms with E-state index < -0.39 is 0 Å². The van der Waals surface area contributed by atoms with Crippen molar-refractivity contribution >= 4 is 30.7 Å². The van der Waals surface area contributed by atoms with Crippen LogP contribution in [0.1, 0.15) is 39.0 Å². The summed E-state index contributed by atoms with van der Waals surface area (Å²) in [6.45, 7) is 5.80. The van der Waals surface area contributed by atoms with Crippen molar-refractivity contribution in [2.75, 3.05) is 26.2 Å². The van der Waals surface area contributed by atoms with Gasteiger partial charge < -0.3 is 10.6 Å². The molecule has 2 aliphatic rings. The van der Waals surface area contributed by atoms with Crippen molar-refractivity contribution in [3.63, 3.8) is 0 Å². The van der Waals surface area contributed by atoms with Crippen LogP contribution in [0.2, 0.25) is 0 Å². The fourth-order valence-electron chi connectivity index (χ4n) is 2.89. The second-order valence-electron chi connectivity index (χ2n) is 5.46. The summed E-state index contributed by atoms with van der Waals surface area (Å²) in [6, 6.07) is 0.230. The van der Waals surface area contributed by atoms with Gasteiger partial charge in [-0.05, 0) is 39.3 Å². The summed E-state index contributed by atoms with van der Waals surface area (Å²) in [6.07, 6.45) is 6.05. The zero-order valence-corrected chi connectivity index (χ0v) is 13.3. The summed E-state index contributed by atoms with van der Waals surface area (Å²) in [5.41, 5.74) is 5.86. The Balaban J connectivity index is 0.00000162. The highest BCUT2D eigenvalue weighted by Gasteiger charge is 2.30. The van der Waals surface area contributed by atoms with Gasteiger partial charge >= 0.3 is 0 Å². The second-order valence-corrected chi connectivity index (χ2v) is 5.46. The summed E-state index contributed by atoms with van der Waals surface area (Å²) in [5, 5.41) is 0. The molecule has 0 aromatic carbocycles. The van der Waals surface area contributed by atoms with Crippen LogP contribution in [-0.2, 0) is 4.79 Å². The lowest BCUT2D eigenvalue weighted by Crippen LogP contribution is -2.47. The molecule has 0 aromatic rings. The largest absolute Gasteiger partial charge is 0.340 e. The van der Waals surface area contributed by atoms with Crippen molar-refractivity contribution in [2.45, 2.75) is 51.1 Å². The molecule has 1 unspecified atom stereocenters. The van der Waals surface area contributed by atoms with Crippen LogP contribution < -0.4 is 5.73 Å². The lowest BCUT2D eigenvalue weighted by atomic mass is 10.2. The third-order valence-corrected chi connectivity index (χ3v) is 4.08. The molecule has 2 N–H and O–H groups in total. The molecule has 6 heteroatoms. The van der Waals surface area contributed by atoms with E-state index in [1.165, 1.54) is 25.7 Å². The first-order chi connectivity index (χ1) is 8.18. The fraction of sp³-hybridized carbons (Fsp3) is 0.923. The molecule has 19 heavy (non-hydrogen) atoms. The number of nitrogens with zero attached hydrogens (tertiary/aromatic N) is 2. The maximum Gasteiger partial charge on any atom is 0.239 e. The van der Waals surface area contributed by atoms with Gasteiger partial charge in [0, 0.05) is 19.1 Å². The van der Waals surface area contributed by atoms with E-state index in [2.05, 4.69) is 11.8 Å². The van der Waals surface area contributed by atoms with Crippen LogP contribution in [-0.4, -0.2) is 54.0 Å². The maximum atomic E-state index is 12.3. The summed E-state index contributed by atoms with van der Waals surface area (Å²) >= 11 is 0. The van der Waals surface area contributed by atoms with Crippen molar-refractivity contribution in [1.82, 2.24) is 9.80 Å². The van der Waals surface area contributed by atoms with Crippen LogP contribution in [0.15, 0.2) is 0 Å². The number of nitrogens with two attached hydrogens (primary N) is 1. The molecule has 2 aliphatic heterocycles. The Bertz CT molecular complexity index is 271. The third kappa shape index (κ3) is 5.10. The first-order valence-corrected chi connectivity index (χ1v) is 6.97. The van der Waals surface area contributed by atoms with E-state index in [1.54, 1.807) is 0 Å². The monoisotopic (exact) mass is 311 g/mol. The number of rotatable bonds is 2. The van der Waals surface area contributed by atoms with Gasteiger partial charge in [-0.2, -0.15) is 0 Å². The van der Waals surface area contributed by atoms with E-state index in [1.807, 2.05) is 4.90 Å². The van der Waals surface area contributed by atoms with Gasteiger partial charge in [-0.25, -0.2) is 0 Å². The molecule has 114 valence electrons. The van der Waals surface area contributed by atoms with Crippen molar-refractivity contribution in [3.05, 3.63) is 0 Å². The SMILES string of the molecule is CC(C(=O)N1CC[C@@H](N)C1)N1CCCCCC1.Cl.Cl. The molecule has 0 aromatic heterocycles. The van der Waals surface area contributed by atoms with Gasteiger partial charge in [-0.3, -0.25) is 9.69 Å². The first-order valence-electron chi connectivity index (χ1n) is 6.97. The Morgan fingerprint density at radius 3 is 2.16 bits per heavy atom. The van der Waals surface area contributed by atoms with Crippen LogP contribution in [0, 0.1) is 0 Å². The van der Waals surface area contributed by atoms with E-state index in [-0.39, 0.29) is 42.8 Å². The van der Waals surface area contributed by atoms with Gasteiger partial charge in [-0.15, -0.1) is 24.8 Å².